The molecular formula is C15H12F2N4O2S. The van der Waals surface area contributed by atoms with E-state index in [4.69, 9.17) is 4.42 Å². The van der Waals surface area contributed by atoms with Crippen LogP contribution in [0, 0.1) is 11.6 Å². The van der Waals surface area contributed by atoms with E-state index in [9.17, 15) is 13.6 Å². The number of aromatic nitrogens is 3. The molecule has 124 valence electrons. The molecule has 2 aromatic heterocycles. The van der Waals surface area contributed by atoms with Crippen molar-refractivity contribution in [2.45, 2.75) is 5.16 Å². The van der Waals surface area contributed by atoms with E-state index in [-0.39, 0.29) is 5.75 Å². The molecule has 1 amide bonds. The number of hydrogen-bond donors (Lipinski definition) is 1. The molecular weight excluding hydrogens is 338 g/mol. The molecule has 3 aromatic rings. The molecule has 0 unspecified atom stereocenters. The zero-order valence-electron chi connectivity index (χ0n) is 12.5. The lowest BCUT2D eigenvalue weighted by atomic mass is 10.3. The molecule has 0 aliphatic carbocycles. The number of halogens is 2. The maximum Gasteiger partial charge on any atom is 0.235 e. The summed E-state index contributed by atoms with van der Waals surface area (Å²) in [4.78, 5) is 11.9. The molecule has 0 atom stereocenters. The fourth-order valence-electron chi connectivity index (χ4n) is 1.98. The van der Waals surface area contributed by atoms with Crippen LogP contribution in [0.2, 0.25) is 0 Å². The van der Waals surface area contributed by atoms with Gasteiger partial charge in [-0.15, -0.1) is 10.2 Å². The molecule has 0 radical (unpaired) electrons. The van der Waals surface area contributed by atoms with Gasteiger partial charge in [0.2, 0.25) is 5.91 Å². The average Bonchev–Trinajstić information content (AvgIpc) is 3.19. The number of nitrogens with one attached hydrogen (secondary N) is 1. The highest BCUT2D eigenvalue weighted by atomic mass is 32.2. The topological polar surface area (TPSA) is 73.0 Å². The van der Waals surface area contributed by atoms with Crippen LogP contribution in [0.3, 0.4) is 0 Å². The fraction of sp³-hybridized carbons (Fsp3) is 0.133. The van der Waals surface area contributed by atoms with Gasteiger partial charge < -0.3 is 14.3 Å². The molecule has 0 aliphatic heterocycles. The fourth-order valence-corrected chi connectivity index (χ4v) is 2.69. The summed E-state index contributed by atoms with van der Waals surface area (Å²) in [6.45, 7) is 0. The van der Waals surface area contributed by atoms with Gasteiger partial charge in [-0.25, -0.2) is 8.78 Å². The number of carbonyl (C=O) groups is 1. The standard InChI is InChI=1S/C15H12F2N4O2S/c1-21-14(11-6-3-7-23-11)19-20-15(21)24-8-12(22)18-13-9(16)4-2-5-10(13)17/h2-7H,8H2,1H3,(H,18,22). The first kappa shape index (κ1) is 16.2. The van der Waals surface area contributed by atoms with Crippen LogP contribution >= 0.6 is 11.8 Å². The number of amides is 1. The Kier molecular flexibility index (Phi) is 4.61. The van der Waals surface area contributed by atoms with Gasteiger partial charge in [-0.1, -0.05) is 17.8 Å². The lowest BCUT2D eigenvalue weighted by Gasteiger charge is -2.07. The van der Waals surface area contributed by atoms with Crippen molar-refractivity contribution in [2.75, 3.05) is 11.1 Å². The number of hydrogen-bond acceptors (Lipinski definition) is 5. The molecule has 24 heavy (non-hydrogen) atoms. The quantitative estimate of drug-likeness (QED) is 0.716. The number of carbonyl (C=O) groups excluding carboxylic acids is 1. The van der Waals surface area contributed by atoms with E-state index >= 15 is 0 Å². The van der Waals surface area contributed by atoms with Crippen LogP contribution in [0.4, 0.5) is 14.5 Å². The highest BCUT2D eigenvalue weighted by Crippen LogP contribution is 2.23. The molecule has 0 spiro atoms. The van der Waals surface area contributed by atoms with Crippen LogP contribution in [0.5, 0.6) is 0 Å². The normalized spacial score (nSPS) is 10.8. The minimum absolute atomic E-state index is 0.0715. The SMILES string of the molecule is Cn1c(SCC(=O)Nc2c(F)cccc2F)nnc1-c1ccco1. The third-order valence-corrected chi connectivity index (χ3v) is 4.16. The molecule has 0 aliphatic rings. The number of furan rings is 1. The van der Waals surface area contributed by atoms with Crippen LogP contribution in [0.25, 0.3) is 11.6 Å². The van der Waals surface area contributed by atoms with E-state index in [0.717, 1.165) is 23.9 Å². The summed E-state index contributed by atoms with van der Waals surface area (Å²) in [5.74, 6) is -1.21. The number of para-hydroxylation sites is 1. The van der Waals surface area contributed by atoms with E-state index in [1.54, 1.807) is 23.7 Å². The second-order valence-corrected chi connectivity index (χ2v) is 5.72. The van der Waals surface area contributed by atoms with Gasteiger partial charge in [0.15, 0.2) is 16.7 Å². The Balaban J connectivity index is 1.65. The predicted molar refractivity (Wildman–Crippen MR) is 84.4 cm³/mol. The van der Waals surface area contributed by atoms with Crippen LogP contribution < -0.4 is 5.32 Å². The minimum atomic E-state index is -0.827. The smallest absolute Gasteiger partial charge is 0.235 e. The lowest BCUT2D eigenvalue weighted by Crippen LogP contribution is -2.16. The van der Waals surface area contributed by atoms with Crippen LogP contribution in [-0.4, -0.2) is 26.4 Å². The minimum Gasteiger partial charge on any atom is -0.461 e. The van der Waals surface area contributed by atoms with Gasteiger partial charge in [0.1, 0.15) is 17.3 Å². The van der Waals surface area contributed by atoms with Crippen LogP contribution in [-0.2, 0) is 11.8 Å². The number of anilines is 1. The first-order chi connectivity index (χ1) is 11.6. The van der Waals surface area contributed by atoms with Crippen molar-refractivity contribution in [3.05, 3.63) is 48.2 Å². The van der Waals surface area contributed by atoms with E-state index < -0.39 is 23.2 Å². The van der Waals surface area contributed by atoms with Gasteiger partial charge in [-0.3, -0.25) is 4.79 Å². The summed E-state index contributed by atoms with van der Waals surface area (Å²) < 4.78 is 33.9. The van der Waals surface area contributed by atoms with Crippen molar-refractivity contribution in [3.63, 3.8) is 0 Å². The second-order valence-electron chi connectivity index (χ2n) is 4.78. The van der Waals surface area contributed by atoms with E-state index in [0.29, 0.717) is 16.7 Å². The van der Waals surface area contributed by atoms with Crippen LogP contribution in [0.1, 0.15) is 0 Å². The molecule has 1 aromatic carbocycles. The summed E-state index contributed by atoms with van der Waals surface area (Å²) in [6, 6.07) is 6.85. The van der Waals surface area contributed by atoms with Gasteiger partial charge in [-0.2, -0.15) is 0 Å². The number of rotatable bonds is 5. The molecule has 2 heterocycles. The number of nitrogens with zero attached hydrogens (tertiary/aromatic N) is 3. The van der Waals surface area contributed by atoms with Gasteiger partial charge in [0, 0.05) is 7.05 Å². The Hall–Kier alpha value is -2.68. The largest absolute Gasteiger partial charge is 0.461 e. The van der Waals surface area contributed by atoms with Crippen molar-refractivity contribution in [3.8, 4) is 11.6 Å². The Morgan fingerprint density at radius 3 is 2.67 bits per heavy atom. The zero-order valence-corrected chi connectivity index (χ0v) is 13.3. The first-order valence-electron chi connectivity index (χ1n) is 6.86. The molecule has 6 nitrogen and oxygen atoms in total. The van der Waals surface area contributed by atoms with Gasteiger partial charge in [-0.05, 0) is 24.3 Å². The summed E-state index contributed by atoms with van der Waals surface area (Å²) in [5, 5.41) is 10.7. The molecule has 0 bridgehead atoms. The summed E-state index contributed by atoms with van der Waals surface area (Å²) >= 11 is 1.09. The Labute approximate surface area is 139 Å². The zero-order chi connectivity index (χ0) is 17.1. The highest BCUT2D eigenvalue weighted by Gasteiger charge is 2.16. The van der Waals surface area contributed by atoms with Gasteiger partial charge >= 0.3 is 0 Å². The Morgan fingerprint density at radius 2 is 2.00 bits per heavy atom. The summed E-state index contributed by atoms with van der Waals surface area (Å²) in [5.41, 5.74) is -0.461. The third kappa shape index (κ3) is 3.30. The first-order valence-corrected chi connectivity index (χ1v) is 7.84. The third-order valence-electron chi connectivity index (χ3n) is 3.14. The van der Waals surface area contributed by atoms with Gasteiger partial charge in [0.05, 0.1) is 12.0 Å². The molecule has 0 saturated carbocycles. The van der Waals surface area contributed by atoms with Crippen molar-refractivity contribution >= 4 is 23.4 Å². The van der Waals surface area contributed by atoms with Gasteiger partial charge in [0.25, 0.3) is 0 Å². The van der Waals surface area contributed by atoms with E-state index in [1.165, 1.54) is 12.3 Å². The number of thioether (sulfide) groups is 1. The molecule has 0 saturated heterocycles. The Morgan fingerprint density at radius 1 is 1.25 bits per heavy atom. The monoisotopic (exact) mass is 350 g/mol. The number of benzene rings is 1. The lowest BCUT2D eigenvalue weighted by molar-refractivity contribution is -0.113. The van der Waals surface area contributed by atoms with Crippen molar-refractivity contribution in [1.29, 1.82) is 0 Å². The van der Waals surface area contributed by atoms with Crippen molar-refractivity contribution in [1.82, 2.24) is 14.8 Å². The molecule has 9 heteroatoms. The average molecular weight is 350 g/mol. The highest BCUT2D eigenvalue weighted by molar-refractivity contribution is 7.99. The molecule has 1 N–H and O–H groups in total. The van der Waals surface area contributed by atoms with Crippen molar-refractivity contribution in [2.24, 2.45) is 7.05 Å². The molecule has 3 rings (SSSR count). The summed E-state index contributed by atoms with van der Waals surface area (Å²) in [6.07, 6.45) is 1.52. The van der Waals surface area contributed by atoms with E-state index in [1.807, 2.05) is 0 Å². The predicted octanol–water partition coefficient (Wildman–Crippen LogP) is 3.08. The maximum atomic E-state index is 13.5. The maximum absolute atomic E-state index is 13.5. The second kappa shape index (κ2) is 6.83. The van der Waals surface area contributed by atoms with E-state index in [2.05, 4.69) is 15.5 Å². The van der Waals surface area contributed by atoms with Crippen molar-refractivity contribution < 1.29 is 18.0 Å². The molecule has 0 fully saturated rings. The summed E-state index contributed by atoms with van der Waals surface area (Å²) in [7, 11) is 1.73. The Bertz CT molecular complexity index is 844. The van der Waals surface area contributed by atoms with Crippen LogP contribution in [0.15, 0.2) is 46.2 Å².